The summed E-state index contributed by atoms with van der Waals surface area (Å²) in [7, 11) is -1.96. The first-order chi connectivity index (χ1) is 9.60. The molecule has 0 amide bonds. The number of sulfonamides is 1. The quantitative estimate of drug-likeness (QED) is 0.856. The van der Waals surface area contributed by atoms with Crippen molar-refractivity contribution in [3.63, 3.8) is 0 Å². The number of hydrogen-bond acceptors (Lipinski definition) is 4. The van der Waals surface area contributed by atoms with Crippen LogP contribution in [0.2, 0.25) is 0 Å². The third kappa shape index (κ3) is 2.32. The van der Waals surface area contributed by atoms with Crippen LogP contribution in [0.25, 0.3) is 0 Å². The Hall–Kier alpha value is -1.79. The third-order valence-corrected chi connectivity index (χ3v) is 5.30. The van der Waals surface area contributed by atoms with Gasteiger partial charge in [-0.15, -0.1) is 0 Å². The Labute approximate surface area is 121 Å². The average Bonchev–Trinajstić information content (AvgIpc) is 2.71. The van der Waals surface area contributed by atoms with Crippen molar-refractivity contribution in [2.45, 2.75) is 9.79 Å². The van der Waals surface area contributed by atoms with Crippen LogP contribution in [0.1, 0.15) is 5.56 Å². The monoisotopic (exact) mass is 305 g/mol. The molecule has 0 saturated carbocycles. The summed E-state index contributed by atoms with van der Waals surface area (Å²) in [6, 6.07) is 14.3. The van der Waals surface area contributed by atoms with Crippen molar-refractivity contribution >= 4 is 26.8 Å². The number of rotatable bonds is 2. The summed E-state index contributed by atoms with van der Waals surface area (Å²) in [5.41, 5.74) is 0.653. The van der Waals surface area contributed by atoms with Gasteiger partial charge >= 0.3 is 0 Å². The van der Waals surface area contributed by atoms with Crippen LogP contribution in [0, 0.1) is 0 Å². The fourth-order valence-electron chi connectivity index (χ4n) is 1.93. The Balaban J connectivity index is 2.00. The largest absolute Gasteiger partial charge is 0.497 e. The van der Waals surface area contributed by atoms with Gasteiger partial charge in [-0.25, -0.2) is 0 Å². The van der Waals surface area contributed by atoms with Gasteiger partial charge in [0.2, 0.25) is 0 Å². The van der Waals surface area contributed by atoms with E-state index >= 15 is 0 Å². The van der Waals surface area contributed by atoms with E-state index in [-0.39, 0.29) is 4.90 Å². The second-order valence-corrected chi connectivity index (χ2v) is 6.78. The Bertz CT molecular complexity index is 798. The second-order valence-electron chi connectivity index (χ2n) is 4.15. The summed E-state index contributed by atoms with van der Waals surface area (Å²) >= 11 is 1.32. The molecule has 0 fully saturated rings. The number of nitrogens with zero attached hydrogens (tertiary/aromatic N) is 1. The minimum Gasteiger partial charge on any atom is -0.497 e. The van der Waals surface area contributed by atoms with Crippen molar-refractivity contribution in [3.05, 3.63) is 54.1 Å². The zero-order valence-corrected chi connectivity index (χ0v) is 12.2. The van der Waals surface area contributed by atoms with Crippen LogP contribution < -0.4 is 4.74 Å². The molecule has 6 heteroatoms. The molecule has 2 aromatic rings. The van der Waals surface area contributed by atoms with E-state index in [0.29, 0.717) is 10.6 Å². The van der Waals surface area contributed by atoms with Gasteiger partial charge in [0.15, 0.2) is 0 Å². The fraction of sp³-hybridized carbons (Fsp3) is 0.0714. The molecule has 0 saturated heterocycles. The summed E-state index contributed by atoms with van der Waals surface area (Å²) in [4.78, 5) is 1.15. The maximum absolute atomic E-state index is 12.0. The summed E-state index contributed by atoms with van der Waals surface area (Å²) < 4.78 is 32.9. The molecule has 102 valence electrons. The zero-order chi connectivity index (χ0) is 14.2. The van der Waals surface area contributed by atoms with Gasteiger partial charge in [0, 0.05) is 10.5 Å². The van der Waals surface area contributed by atoms with Gasteiger partial charge in [0.25, 0.3) is 10.0 Å². The Morgan fingerprint density at radius 2 is 1.90 bits per heavy atom. The molecule has 1 heterocycles. The van der Waals surface area contributed by atoms with Crippen molar-refractivity contribution in [3.8, 4) is 5.75 Å². The molecular formula is C14H11NO3S2. The third-order valence-electron chi connectivity index (χ3n) is 2.85. The van der Waals surface area contributed by atoms with Gasteiger partial charge in [0.1, 0.15) is 10.8 Å². The molecule has 20 heavy (non-hydrogen) atoms. The summed E-state index contributed by atoms with van der Waals surface area (Å²) in [6.07, 6.45) is 0. The summed E-state index contributed by atoms with van der Waals surface area (Å²) in [5, 5.41) is 0.494. The topological polar surface area (TPSA) is 55.7 Å². The smallest absolute Gasteiger partial charge is 0.284 e. The minimum absolute atomic E-state index is 0.269. The average molecular weight is 305 g/mol. The molecule has 1 aliphatic rings. The molecule has 2 aromatic carbocycles. The molecule has 1 aliphatic heterocycles. The van der Waals surface area contributed by atoms with E-state index in [0.717, 1.165) is 10.6 Å². The van der Waals surface area contributed by atoms with Crippen molar-refractivity contribution in [1.82, 2.24) is 0 Å². The predicted molar refractivity (Wildman–Crippen MR) is 79.0 cm³/mol. The highest BCUT2D eigenvalue weighted by Crippen LogP contribution is 2.34. The highest BCUT2D eigenvalue weighted by atomic mass is 32.2. The van der Waals surface area contributed by atoms with Crippen LogP contribution in [0.15, 0.2) is 62.7 Å². The molecule has 3 rings (SSSR count). The van der Waals surface area contributed by atoms with E-state index in [9.17, 15) is 8.42 Å². The van der Waals surface area contributed by atoms with E-state index in [2.05, 4.69) is 4.40 Å². The molecule has 0 radical (unpaired) electrons. The first kappa shape index (κ1) is 13.2. The maximum Gasteiger partial charge on any atom is 0.284 e. The van der Waals surface area contributed by atoms with Crippen LogP contribution in [0.5, 0.6) is 5.75 Å². The van der Waals surface area contributed by atoms with Crippen LogP contribution in [-0.4, -0.2) is 20.6 Å². The van der Waals surface area contributed by atoms with Crippen LogP contribution in [-0.2, 0) is 10.0 Å². The highest BCUT2D eigenvalue weighted by Gasteiger charge is 2.28. The van der Waals surface area contributed by atoms with Crippen molar-refractivity contribution in [2.24, 2.45) is 4.40 Å². The van der Waals surface area contributed by atoms with Gasteiger partial charge in [-0.2, -0.15) is 12.8 Å². The van der Waals surface area contributed by atoms with Gasteiger partial charge < -0.3 is 4.74 Å². The molecule has 0 aliphatic carbocycles. The van der Waals surface area contributed by atoms with Gasteiger partial charge in [-0.1, -0.05) is 36.0 Å². The minimum atomic E-state index is -3.55. The van der Waals surface area contributed by atoms with Crippen molar-refractivity contribution in [2.75, 3.05) is 7.11 Å². The van der Waals surface area contributed by atoms with Crippen LogP contribution in [0.4, 0.5) is 0 Å². The summed E-state index contributed by atoms with van der Waals surface area (Å²) in [5.74, 6) is 0.727. The first-order valence-electron chi connectivity index (χ1n) is 5.86. The standard InChI is InChI=1S/C14H11NO3S2/c1-18-10-5-4-6-11(9-10)19-14-12-7-2-3-8-13(12)20(16,17)15-14/h2-9H,1H3. The van der Waals surface area contributed by atoms with Gasteiger partial charge in [-0.05, 0) is 24.3 Å². The lowest BCUT2D eigenvalue weighted by molar-refractivity contribution is 0.413. The van der Waals surface area contributed by atoms with E-state index in [4.69, 9.17) is 4.74 Å². The lowest BCUT2D eigenvalue weighted by Crippen LogP contribution is -1.93. The molecular weight excluding hydrogens is 294 g/mol. The van der Waals surface area contributed by atoms with Crippen LogP contribution >= 0.6 is 11.8 Å². The SMILES string of the molecule is COc1cccc(SC2=NS(=O)(=O)c3ccccc32)c1. The molecule has 0 aromatic heterocycles. The van der Waals surface area contributed by atoms with E-state index in [1.807, 2.05) is 24.3 Å². The maximum atomic E-state index is 12.0. The normalized spacial score (nSPS) is 15.6. The lowest BCUT2D eigenvalue weighted by atomic mass is 10.2. The number of ether oxygens (including phenoxy) is 1. The number of benzene rings is 2. The fourth-order valence-corrected chi connectivity index (χ4v) is 4.37. The molecule has 0 N–H and O–H groups in total. The van der Waals surface area contributed by atoms with Crippen molar-refractivity contribution < 1.29 is 13.2 Å². The lowest BCUT2D eigenvalue weighted by Gasteiger charge is -2.04. The number of methoxy groups -OCH3 is 1. The summed E-state index contributed by atoms with van der Waals surface area (Å²) in [6.45, 7) is 0. The Kier molecular flexibility index (Phi) is 3.27. The second kappa shape index (κ2) is 4.96. The molecule has 0 unspecified atom stereocenters. The zero-order valence-electron chi connectivity index (χ0n) is 10.6. The highest BCUT2D eigenvalue weighted by molar-refractivity contribution is 8.15. The van der Waals surface area contributed by atoms with E-state index < -0.39 is 10.0 Å². The number of hydrogen-bond donors (Lipinski definition) is 0. The molecule has 0 spiro atoms. The predicted octanol–water partition coefficient (Wildman–Crippen LogP) is 2.94. The van der Waals surface area contributed by atoms with Crippen molar-refractivity contribution in [1.29, 1.82) is 0 Å². The van der Waals surface area contributed by atoms with Gasteiger partial charge in [0.05, 0.1) is 12.0 Å². The first-order valence-corrected chi connectivity index (χ1v) is 8.12. The number of fused-ring (bicyclic) bond motifs is 1. The number of thioether (sulfide) groups is 1. The Morgan fingerprint density at radius 1 is 1.10 bits per heavy atom. The molecule has 0 bridgehead atoms. The molecule has 0 atom stereocenters. The van der Waals surface area contributed by atoms with E-state index in [1.54, 1.807) is 31.4 Å². The Morgan fingerprint density at radius 3 is 2.70 bits per heavy atom. The van der Waals surface area contributed by atoms with E-state index in [1.165, 1.54) is 11.8 Å². The van der Waals surface area contributed by atoms with Gasteiger partial charge in [-0.3, -0.25) is 0 Å². The molecule has 4 nitrogen and oxygen atoms in total. The van der Waals surface area contributed by atoms with Crippen LogP contribution in [0.3, 0.4) is 0 Å².